The Morgan fingerprint density at radius 3 is 2.83 bits per heavy atom. The summed E-state index contributed by atoms with van der Waals surface area (Å²) in [6.45, 7) is 4.69. The van der Waals surface area contributed by atoms with Crippen molar-refractivity contribution in [2.45, 2.75) is 64.4 Å². The van der Waals surface area contributed by atoms with Gasteiger partial charge >= 0.3 is 0 Å². The van der Waals surface area contributed by atoms with Crippen LogP contribution in [0.2, 0.25) is 0 Å². The van der Waals surface area contributed by atoms with Crippen LogP contribution in [0.15, 0.2) is 23.0 Å². The molecule has 6 atom stereocenters. The van der Waals surface area contributed by atoms with Crippen molar-refractivity contribution in [1.82, 2.24) is 0 Å². The zero-order valence-electron chi connectivity index (χ0n) is 15.3. The molecule has 0 aromatic carbocycles. The lowest BCUT2D eigenvalue weighted by Crippen LogP contribution is -2.52. The Bertz CT molecular complexity index is 651. The van der Waals surface area contributed by atoms with E-state index >= 15 is 0 Å². The summed E-state index contributed by atoms with van der Waals surface area (Å²) in [6.07, 6.45) is 15.4. The van der Waals surface area contributed by atoms with Crippen molar-refractivity contribution >= 4 is 0 Å². The van der Waals surface area contributed by atoms with E-state index in [0.717, 1.165) is 37.9 Å². The molecule has 4 rings (SSSR count). The van der Waals surface area contributed by atoms with Crippen molar-refractivity contribution in [3.8, 4) is 12.3 Å². The summed E-state index contributed by atoms with van der Waals surface area (Å²) >= 11 is 0. The fourth-order valence-corrected chi connectivity index (χ4v) is 6.71. The Balaban J connectivity index is 1.68. The number of methoxy groups -OCH3 is 1. The van der Waals surface area contributed by atoms with Crippen molar-refractivity contribution in [3.05, 3.63) is 23.0 Å². The van der Waals surface area contributed by atoms with E-state index in [1.165, 1.54) is 12.8 Å². The molecule has 24 heavy (non-hydrogen) atoms. The van der Waals surface area contributed by atoms with E-state index in [-0.39, 0.29) is 5.41 Å². The molecule has 0 bridgehead atoms. The fraction of sp³-hybridized carbons (Fsp3) is 0.727. The number of aliphatic hydroxyl groups is 1. The van der Waals surface area contributed by atoms with E-state index < -0.39 is 5.60 Å². The minimum absolute atomic E-state index is 0.0998. The molecule has 0 saturated heterocycles. The summed E-state index contributed by atoms with van der Waals surface area (Å²) in [4.78, 5) is 0. The number of rotatable bonds is 1. The van der Waals surface area contributed by atoms with Crippen LogP contribution in [0.5, 0.6) is 0 Å². The highest BCUT2D eigenvalue weighted by Crippen LogP contribution is 2.65. The molecule has 0 spiro atoms. The molecule has 0 unspecified atom stereocenters. The molecule has 0 heterocycles. The van der Waals surface area contributed by atoms with E-state index in [0.29, 0.717) is 23.7 Å². The van der Waals surface area contributed by atoms with Crippen LogP contribution >= 0.6 is 0 Å². The molecule has 2 saturated carbocycles. The Morgan fingerprint density at radius 1 is 1.33 bits per heavy atom. The Hall–Kier alpha value is -1.20. The standard InChI is InChI=1S/C22H30O2/c1-5-22(23)11-9-19-20-14(2)12-15-13-16(24-4)6-7-17(15)18(20)8-10-21(19,22)3/h1,6,14,18-20,23H,7-13H2,2-4H3/t14-,18+,19-,20-,21+,22+/m1/s1. The van der Waals surface area contributed by atoms with Gasteiger partial charge in [-0.1, -0.05) is 30.9 Å². The normalized spacial score (nSPS) is 47.2. The minimum atomic E-state index is -0.896. The molecule has 0 radical (unpaired) electrons. The topological polar surface area (TPSA) is 29.5 Å². The summed E-state index contributed by atoms with van der Waals surface area (Å²) in [5.41, 5.74) is 2.33. The minimum Gasteiger partial charge on any atom is -0.501 e. The smallest absolute Gasteiger partial charge is 0.130 e. The highest BCUT2D eigenvalue weighted by Gasteiger charge is 2.62. The van der Waals surface area contributed by atoms with Crippen molar-refractivity contribution in [1.29, 1.82) is 0 Å². The second kappa shape index (κ2) is 5.40. The lowest BCUT2D eigenvalue weighted by Gasteiger charge is -2.55. The van der Waals surface area contributed by atoms with Gasteiger partial charge in [-0.05, 0) is 68.3 Å². The van der Waals surface area contributed by atoms with Crippen LogP contribution in [0.4, 0.5) is 0 Å². The van der Waals surface area contributed by atoms with Gasteiger partial charge in [-0.2, -0.15) is 0 Å². The van der Waals surface area contributed by atoms with E-state index in [1.807, 2.05) is 0 Å². The summed E-state index contributed by atoms with van der Waals surface area (Å²) < 4.78 is 5.51. The fourth-order valence-electron chi connectivity index (χ4n) is 6.71. The van der Waals surface area contributed by atoms with Crippen molar-refractivity contribution in [3.63, 3.8) is 0 Å². The van der Waals surface area contributed by atoms with Crippen molar-refractivity contribution in [2.75, 3.05) is 7.11 Å². The molecule has 1 N–H and O–H groups in total. The number of hydrogen-bond acceptors (Lipinski definition) is 2. The van der Waals surface area contributed by atoms with Gasteiger partial charge in [0, 0.05) is 11.8 Å². The van der Waals surface area contributed by atoms with E-state index in [1.54, 1.807) is 18.3 Å². The first-order chi connectivity index (χ1) is 11.4. The zero-order chi connectivity index (χ0) is 17.1. The second-order valence-corrected chi connectivity index (χ2v) is 8.86. The molecule has 0 aromatic rings. The van der Waals surface area contributed by atoms with Gasteiger partial charge in [-0.15, -0.1) is 6.42 Å². The quantitative estimate of drug-likeness (QED) is 0.570. The highest BCUT2D eigenvalue weighted by molar-refractivity contribution is 5.34. The SMILES string of the molecule is C#C[C@]1(O)CC[C@@H]2[C@@H]3[C@H](C)CC4=C(CC=C(OC)C4)[C@@H]3CC[C@@]21C. The number of fused-ring (bicyclic) bond motifs is 4. The van der Waals surface area contributed by atoms with Crippen molar-refractivity contribution in [2.24, 2.45) is 29.1 Å². The Kier molecular flexibility index (Phi) is 3.66. The van der Waals surface area contributed by atoms with Gasteiger partial charge in [-0.3, -0.25) is 0 Å². The Labute approximate surface area is 146 Å². The number of terminal acetylenes is 1. The van der Waals surface area contributed by atoms with Crippen LogP contribution in [-0.4, -0.2) is 17.8 Å². The predicted octanol–water partition coefficient (Wildman–Crippen LogP) is 4.45. The van der Waals surface area contributed by atoms with E-state index in [2.05, 4.69) is 25.8 Å². The van der Waals surface area contributed by atoms with Crippen LogP contribution < -0.4 is 0 Å². The third-order valence-corrected chi connectivity index (χ3v) is 8.05. The maximum Gasteiger partial charge on any atom is 0.130 e. The predicted molar refractivity (Wildman–Crippen MR) is 96.0 cm³/mol. The van der Waals surface area contributed by atoms with Gasteiger partial charge in [0.05, 0.1) is 12.9 Å². The van der Waals surface area contributed by atoms with Crippen LogP contribution in [0.1, 0.15) is 58.8 Å². The summed E-state index contributed by atoms with van der Waals surface area (Å²) in [5.74, 6) is 6.53. The maximum atomic E-state index is 11.1. The summed E-state index contributed by atoms with van der Waals surface area (Å²) in [7, 11) is 1.79. The van der Waals surface area contributed by atoms with Crippen molar-refractivity contribution < 1.29 is 9.84 Å². The third kappa shape index (κ3) is 2.00. The third-order valence-electron chi connectivity index (χ3n) is 8.05. The van der Waals surface area contributed by atoms with Gasteiger partial charge in [0.15, 0.2) is 0 Å². The molecule has 2 fully saturated rings. The molecule has 0 aromatic heterocycles. The average molecular weight is 326 g/mol. The second-order valence-electron chi connectivity index (χ2n) is 8.86. The van der Waals surface area contributed by atoms with Crippen LogP contribution in [0, 0.1) is 41.4 Å². The van der Waals surface area contributed by atoms with Crippen LogP contribution in [-0.2, 0) is 4.74 Å². The monoisotopic (exact) mass is 326 g/mol. The van der Waals surface area contributed by atoms with Crippen LogP contribution in [0.3, 0.4) is 0 Å². The molecular formula is C22H30O2. The molecule has 2 heteroatoms. The van der Waals surface area contributed by atoms with Gasteiger partial charge in [-0.25, -0.2) is 0 Å². The first-order valence-electron chi connectivity index (χ1n) is 9.57. The number of hydrogen-bond donors (Lipinski definition) is 1. The van der Waals surface area contributed by atoms with E-state index in [4.69, 9.17) is 11.2 Å². The average Bonchev–Trinajstić information content (AvgIpc) is 2.86. The molecule has 4 aliphatic carbocycles. The van der Waals surface area contributed by atoms with Gasteiger partial charge < -0.3 is 9.84 Å². The summed E-state index contributed by atoms with van der Waals surface area (Å²) in [6, 6.07) is 0. The molecule has 130 valence electrons. The molecule has 4 aliphatic rings. The molecular weight excluding hydrogens is 296 g/mol. The lowest BCUT2D eigenvalue weighted by atomic mass is 9.50. The molecule has 2 nitrogen and oxygen atoms in total. The first-order valence-corrected chi connectivity index (χ1v) is 9.57. The lowest BCUT2D eigenvalue weighted by molar-refractivity contribution is -0.0803. The number of ether oxygens (including phenoxy) is 1. The van der Waals surface area contributed by atoms with Gasteiger partial charge in [0.1, 0.15) is 5.60 Å². The Morgan fingerprint density at radius 2 is 2.12 bits per heavy atom. The largest absolute Gasteiger partial charge is 0.501 e. The van der Waals surface area contributed by atoms with E-state index in [9.17, 15) is 5.11 Å². The van der Waals surface area contributed by atoms with Gasteiger partial charge in [0.25, 0.3) is 0 Å². The zero-order valence-corrected chi connectivity index (χ0v) is 15.3. The van der Waals surface area contributed by atoms with Crippen LogP contribution in [0.25, 0.3) is 0 Å². The molecule has 0 amide bonds. The summed E-state index contributed by atoms with van der Waals surface area (Å²) in [5, 5.41) is 11.1. The highest BCUT2D eigenvalue weighted by atomic mass is 16.5. The number of allylic oxidation sites excluding steroid dienone is 3. The molecule has 0 aliphatic heterocycles. The first kappa shape index (κ1) is 16.3. The maximum absolute atomic E-state index is 11.1. The van der Waals surface area contributed by atoms with Gasteiger partial charge in [0.2, 0.25) is 0 Å².